The Hall–Kier alpha value is -4.10. The summed E-state index contributed by atoms with van der Waals surface area (Å²) in [4.78, 5) is 52.2. The number of benzene rings is 1. The van der Waals surface area contributed by atoms with E-state index in [9.17, 15) is 33.1 Å². The van der Waals surface area contributed by atoms with Crippen molar-refractivity contribution in [3.05, 3.63) is 82.8 Å². The summed E-state index contributed by atoms with van der Waals surface area (Å²) in [6.07, 6.45) is 5.36. The number of fused-ring (bicyclic) bond motifs is 1. The Kier molecular flexibility index (Phi) is 7.19. The van der Waals surface area contributed by atoms with Gasteiger partial charge in [0.05, 0.1) is 0 Å². The van der Waals surface area contributed by atoms with E-state index in [1.165, 1.54) is 22.7 Å². The van der Waals surface area contributed by atoms with Crippen molar-refractivity contribution in [1.29, 1.82) is 0 Å². The Labute approximate surface area is 225 Å². The largest absolute Gasteiger partial charge is 0.477 e. The van der Waals surface area contributed by atoms with Crippen LogP contribution in [0.3, 0.4) is 0 Å². The Balaban J connectivity index is 1.21. The average molecular weight is 557 g/mol. The average Bonchev–Trinajstić information content (AvgIpc) is 3.24. The number of likely N-dealkylation sites (tertiary alicyclic amines) is 1. The second-order valence-electron chi connectivity index (χ2n) is 9.32. The number of nitrogens with one attached hydrogen (secondary N) is 1. The van der Waals surface area contributed by atoms with Gasteiger partial charge in [-0.1, -0.05) is 0 Å². The van der Waals surface area contributed by atoms with Crippen LogP contribution in [0.1, 0.15) is 12.0 Å². The molecule has 5 rings (SSSR count). The zero-order valence-corrected chi connectivity index (χ0v) is 21.3. The molecule has 2 saturated heterocycles. The smallest absolute Gasteiger partial charge is 0.352 e. The minimum Gasteiger partial charge on any atom is -0.477 e. The number of nitrogens with zero attached hydrogens (tertiary/aromatic N) is 3. The van der Waals surface area contributed by atoms with Crippen LogP contribution in [-0.2, 0) is 32.3 Å². The Morgan fingerprint density at radius 3 is 2.62 bits per heavy atom. The summed E-state index contributed by atoms with van der Waals surface area (Å²) in [5.74, 6) is -4.03. The van der Waals surface area contributed by atoms with Gasteiger partial charge in [0.1, 0.15) is 17.1 Å². The number of thioether (sulfide) groups is 1. The number of anilines is 1. The number of aliphatic carboxylic acids is 1. The first-order chi connectivity index (χ1) is 18.6. The summed E-state index contributed by atoms with van der Waals surface area (Å²) < 4.78 is 28.0. The highest BCUT2D eigenvalue weighted by Gasteiger charge is 2.51. The quantitative estimate of drug-likeness (QED) is 0.264. The number of nitrogens with two attached hydrogens (primary N) is 1. The third-order valence-electron chi connectivity index (χ3n) is 6.67. The summed E-state index contributed by atoms with van der Waals surface area (Å²) >= 11 is 1.38. The van der Waals surface area contributed by atoms with E-state index >= 15 is 0 Å². The molecule has 3 aliphatic rings. The molecule has 202 valence electrons. The lowest BCUT2D eigenvalue weighted by Crippen LogP contribution is -2.68. The van der Waals surface area contributed by atoms with Crippen molar-refractivity contribution >= 4 is 41.1 Å². The van der Waals surface area contributed by atoms with Crippen molar-refractivity contribution in [1.82, 2.24) is 9.80 Å². The molecule has 4 N–H and O–H groups in total. The fraction of sp³-hybridized carbons (Fsp3) is 0.269. The van der Waals surface area contributed by atoms with Gasteiger partial charge in [-0.2, -0.15) is 4.57 Å². The molecule has 2 aromatic rings. The number of carboxylic acid groups (broad SMARTS) is 1. The number of carbonyl (C=O) groups excluding carboxylic acids is 3. The van der Waals surface area contributed by atoms with Crippen LogP contribution in [-0.4, -0.2) is 62.3 Å². The summed E-state index contributed by atoms with van der Waals surface area (Å²) in [6, 6.07) is 5.91. The van der Waals surface area contributed by atoms with Crippen LogP contribution in [0.15, 0.2) is 65.6 Å². The molecule has 10 nitrogen and oxygen atoms in total. The van der Waals surface area contributed by atoms with Crippen molar-refractivity contribution < 1.29 is 37.6 Å². The molecule has 0 unspecified atom stereocenters. The number of hydrogen-bond donors (Lipinski definition) is 3. The van der Waals surface area contributed by atoms with Gasteiger partial charge >= 0.3 is 5.97 Å². The molecule has 3 amide bonds. The maximum atomic E-state index is 13.3. The van der Waals surface area contributed by atoms with E-state index in [-0.39, 0.29) is 23.8 Å². The molecule has 13 heteroatoms. The van der Waals surface area contributed by atoms with Crippen LogP contribution in [0.5, 0.6) is 0 Å². The zero-order chi connectivity index (χ0) is 27.8. The predicted octanol–water partition coefficient (Wildman–Crippen LogP) is 1.13. The van der Waals surface area contributed by atoms with Crippen molar-refractivity contribution in [2.75, 3.05) is 17.6 Å². The molecule has 0 aliphatic carbocycles. The first-order valence-corrected chi connectivity index (χ1v) is 13.1. The highest BCUT2D eigenvalue weighted by Crippen LogP contribution is 2.40. The van der Waals surface area contributed by atoms with Crippen molar-refractivity contribution in [3.63, 3.8) is 0 Å². The number of carboxylic acids is 1. The number of rotatable bonds is 7. The summed E-state index contributed by atoms with van der Waals surface area (Å²) in [6.45, 7) is 0.716. The molecule has 4 heterocycles. The lowest BCUT2D eigenvalue weighted by molar-refractivity contribution is -0.684. The van der Waals surface area contributed by atoms with E-state index in [1.807, 2.05) is 0 Å². The van der Waals surface area contributed by atoms with Gasteiger partial charge in [-0.3, -0.25) is 19.3 Å². The van der Waals surface area contributed by atoms with Crippen LogP contribution in [0.2, 0.25) is 0 Å². The maximum absolute atomic E-state index is 13.3. The van der Waals surface area contributed by atoms with Gasteiger partial charge in [-0.15, -0.1) is 11.8 Å². The molecule has 0 spiro atoms. The topological polar surface area (TPSA) is 137 Å². The second-order valence-corrected chi connectivity index (χ2v) is 10.4. The molecule has 1 aromatic carbocycles. The molecule has 0 bridgehead atoms. The summed E-state index contributed by atoms with van der Waals surface area (Å²) in [7, 11) is 0. The Morgan fingerprint density at radius 2 is 1.92 bits per heavy atom. The molecular weight excluding hydrogens is 532 g/mol. The number of hydrogen-bond acceptors (Lipinski definition) is 6. The van der Waals surface area contributed by atoms with E-state index in [2.05, 4.69) is 5.32 Å². The van der Waals surface area contributed by atoms with Gasteiger partial charge in [0.2, 0.25) is 18.4 Å². The van der Waals surface area contributed by atoms with E-state index in [0.717, 1.165) is 17.7 Å². The van der Waals surface area contributed by atoms with Crippen molar-refractivity contribution in [2.24, 2.45) is 5.73 Å². The first-order valence-electron chi connectivity index (χ1n) is 12.0. The summed E-state index contributed by atoms with van der Waals surface area (Å²) in [5.41, 5.74) is 7.52. The van der Waals surface area contributed by atoms with E-state index in [4.69, 9.17) is 5.73 Å². The normalized spacial score (nSPS) is 21.8. The molecular formula is C26H24F2N5O5S+. The van der Waals surface area contributed by atoms with Crippen molar-refractivity contribution in [3.8, 4) is 0 Å². The number of β-lactam (4-membered cyclic amide) rings is 1. The highest BCUT2D eigenvalue weighted by atomic mass is 32.2. The summed E-state index contributed by atoms with van der Waals surface area (Å²) in [5, 5.41) is 11.8. The third kappa shape index (κ3) is 5.27. The van der Waals surface area contributed by atoms with Gasteiger partial charge in [-0.25, -0.2) is 13.6 Å². The second kappa shape index (κ2) is 10.6. The van der Waals surface area contributed by atoms with E-state index < -0.39 is 40.8 Å². The van der Waals surface area contributed by atoms with Gasteiger partial charge < -0.3 is 21.1 Å². The fourth-order valence-electron chi connectivity index (χ4n) is 4.67. The molecule has 2 fully saturated rings. The predicted molar refractivity (Wildman–Crippen MR) is 135 cm³/mol. The minimum atomic E-state index is -1.23. The number of amides is 3. The van der Waals surface area contributed by atoms with Gasteiger partial charge in [0, 0.05) is 48.3 Å². The minimum absolute atomic E-state index is 0.0564. The number of allylic oxidation sites excluding steroid dienone is 1. The lowest BCUT2D eigenvalue weighted by atomic mass is 10.0. The van der Waals surface area contributed by atoms with E-state index in [1.54, 1.807) is 40.1 Å². The Bertz CT molecular complexity index is 1440. The molecule has 1 aromatic heterocycles. The van der Waals surface area contributed by atoms with Gasteiger partial charge in [-0.05, 0) is 35.8 Å². The molecule has 39 heavy (non-hydrogen) atoms. The SMILES string of the molecule is N[C@@H]1C(=O)N2C(C(=O)O)=C(C=C3CCN(Cc4cc[n+](CC(=O)Nc5ccc(F)c(F)c5)cc4)C3=O)CS[C@H]12. The van der Waals surface area contributed by atoms with Gasteiger partial charge in [0.25, 0.3) is 5.91 Å². The maximum Gasteiger partial charge on any atom is 0.352 e. The van der Waals surface area contributed by atoms with Gasteiger partial charge in [0.15, 0.2) is 24.0 Å². The van der Waals surface area contributed by atoms with Crippen LogP contribution in [0.4, 0.5) is 14.5 Å². The number of halogens is 2. The molecule has 2 atom stereocenters. The van der Waals surface area contributed by atoms with Crippen LogP contribution >= 0.6 is 11.8 Å². The molecule has 0 saturated carbocycles. The van der Waals surface area contributed by atoms with E-state index in [0.29, 0.717) is 36.4 Å². The van der Waals surface area contributed by atoms with Crippen LogP contribution in [0.25, 0.3) is 0 Å². The first kappa shape index (κ1) is 26.5. The monoisotopic (exact) mass is 556 g/mol. The van der Waals surface area contributed by atoms with Crippen molar-refractivity contribution in [2.45, 2.75) is 30.9 Å². The highest BCUT2D eigenvalue weighted by molar-refractivity contribution is 8.00. The lowest BCUT2D eigenvalue weighted by Gasteiger charge is -2.47. The number of aromatic nitrogens is 1. The Morgan fingerprint density at radius 1 is 1.18 bits per heavy atom. The fourth-order valence-corrected chi connectivity index (χ4v) is 5.92. The number of pyridine rings is 1. The standard InChI is InChI=1S/C26H23F2N5O5S/c27-18-2-1-17(10-19(18)28)30-20(34)12-31-6-3-14(4-7-31)11-32-8-5-15(23(32)35)9-16-13-39-25-21(29)24(36)33(25)22(16)26(37)38/h1-4,6-7,9-10,21,25H,5,8,11-13,29H2,(H-,30,34,37,38)/p+1/t21-,25-/m1/s1. The third-order valence-corrected chi connectivity index (χ3v) is 7.99. The zero-order valence-electron chi connectivity index (χ0n) is 20.5. The molecule has 3 aliphatic heterocycles. The van der Waals surface area contributed by atoms with Crippen LogP contribution in [0, 0.1) is 11.6 Å². The molecule has 0 radical (unpaired) electrons. The van der Waals surface area contributed by atoms with Crippen LogP contribution < -0.4 is 15.6 Å². The number of carbonyl (C=O) groups is 4.